The summed E-state index contributed by atoms with van der Waals surface area (Å²) in [5.41, 5.74) is 0.900. The van der Waals surface area contributed by atoms with Crippen LogP contribution < -0.4 is 0 Å². The Morgan fingerprint density at radius 3 is 2.69 bits per heavy atom. The van der Waals surface area contributed by atoms with Gasteiger partial charge >= 0.3 is 0 Å². The van der Waals surface area contributed by atoms with Crippen LogP contribution in [0.25, 0.3) is 0 Å². The molecule has 0 aromatic carbocycles. The molecule has 0 radical (unpaired) electrons. The number of nitriles is 1. The van der Waals surface area contributed by atoms with Gasteiger partial charge in [-0.15, -0.1) is 0 Å². The summed E-state index contributed by atoms with van der Waals surface area (Å²) in [6, 6.07) is 2.14. The van der Waals surface area contributed by atoms with Gasteiger partial charge in [0.05, 0.1) is 11.8 Å². The number of hydrogen-bond donors (Lipinski definition) is 1. The highest BCUT2D eigenvalue weighted by Gasteiger charge is 2.14. The number of likely N-dealkylation sites (tertiary alicyclic amines) is 1. The van der Waals surface area contributed by atoms with Crippen molar-refractivity contribution < 1.29 is 5.21 Å². The van der Waals surface area contributed by atoms with Gasteiger partial charge in [-0.3, -0.25) is 0 Å². The summed E-state index contributed by atoms with van der Waals surface area (Å²) >= 11 is 0. The van der Waals surface area contributed by atoms with Crippen LogP contribution in [0.1, 0.15) is 25.7 Å². The van der Waals surface area contributed by atoms with Crippen molar-refractivity contribution in [3.8, 4) is 6.07 Å². The van der Waals surface area contributed by atoms with E-state index in [4.69, 9.17) is 10.5 Å². The molecule has 1 fully saturated rings. The molecule has 1 heterocycles. The number of piperidine rings is 1. The van der Waals surface area contributed by atoms with Gasteiger partial charge in [-0.25, -0.2) is 0 Å². The van der Waals surface area contributed by atoms with E-state index in [1.165, 1.54) is 0 Å². The van der Waals surface area contributed by atoms with Gasteiger partial charge in [0.15, 0.2) is 0 Å². The monoisotopic (exact) mass is 181 g/mol. The lowest BCUT2D eigenvalue weighted by Crippen LogP contribution is -2.34. The lowest BCUT2D eigenvalue weighted by molar-refractivity contribution is 0.261. The molecule has 0 amide bonds. The van der Waals surface area contributed by atoms with Crippen LogP contribution in [0.2, 0.25) is 0 Å². The average molecular weight is 181 g/mol. The maximum absolute atomic E-state index is 8.52. The summed E-state index contributed by atoms with van der Waals surface area (Å²) < 4.78 is 0. The maximum Gasteiger partial charge on any atom is 0.0622 e. The minimum Gasteiger partial charge on any atom is -0.411 e. The number of nitrogens with zero attached hydrogens (tertiary/aromatic N) is 3. The highest BCUT2D eigenvalue weighted by atomic mass is 16.4. The molecule has 0 aromatic rings. The minimum absolute atomic E-state index is 0.636. The van der Waals surface area contributed by atoms with Crippen LogP contribution >= 0.6 is 0 Å². The quantitative estimate of drug-likeness (QED) is 0.404. The lowest BCUT2D eigenvalue weighted by Gasteiger charge is -2.26. The molecule has 4 nitrogen and oxygen atoms in total. The molecule has 0 aliphatic carbocycles. The topological polar surface area (TPSA) is 59.6 Å². The van der Waals surface area contributed by atoms with Gasteiger partial charge in [0.2, 0.25) is 0 Å². The third kappa shape index (κ3) is 3.43. The molecule has 1 N–H and O–H groups in total. The van der Waals surface area contributed by atoms with Crippen molar-refractivity contribution in [3.05, 3.63) is 0 Å². The third-order valence-electron chi connectivity index (χ3n) is 2.34. The largest absolute Gasteiger partial charge is 0.411 e. The van der Waals surface area contributed by atoms with E-state index in [-0.39, 0.29) is 0 Å². The first-order valence-corrected chi connectivity index (χ1v) is 4.66. The molecule has 0 unspecified atom stereocenters. The van der Waals surface area contributed by atoms with Crippen LogP contribution in [-0.4, -0.2) is 35.5 Å². The summed E-state index contributed by atoms with van der Waals surface area (Å²) in [5, 5.41) is 20.1. The minimum atomic E-state index is 0.636. The molecule has 1 saturated heterocycles. The highest BCUT2D eigenvalue weighted by Crippen LogP contribution is 2.07. The van der Waals surface area contributed by atoms with E-state index in [1.807, 2.05) is 0 Å². The number of unbranched alkanes of at least 4 members (excludes halogenated alkanes) is 1. The van der Waals surface area contributed by atoms with Crippen molar-refractivity contribution in [1.29, 1.82) is 5.26 Å². The zero-order valence-electron chi connectivity index (χ0n) is 7.74. The molecule has 0 spiro atoms. The van der Waals surface area contributed by atoms with Crippen LogP contribution in [0.15, 0.2) is 5.16 Å². The first-order chi connectivity index (χ1) is 6.36. The summed E-state index contributed by atoms with van der Waals surface area (Å²) in [6.45, 7) is 2.92. The first-order valence-electron chi connectivity index (χ1n) is 4.66. The van der Waals surface area contributed by atoms with Crippen molar-refractivity contribution in [1.82, 2.24) is 4.90 Å². The normalized spacial score (nSPS) is 18.2. The van der Waals surface area contributed by atoms with Gasteiger partial charge in [-0.1, -0.05) is 5.16 Å². The Labute approximate surface area is 78.4 Å². The van der Waals surface area contributed by atoms with E-state index in [0.29, 0.717) is 6.42 Å². The highest BCUT2D eigenvalue weighted by molar-refractivity contribution is 5.84. The Balaban J connectivity index is 2.15. The summed E-state index contributed by atoms with van der Waals surface area (Å²) in [4.78, 5) is 2.31. The smallest absolute Gasteiger partial charge is 0.0622 e. The summed E-state index contributed by atoms with van der Waals surface area (Å²) in [7, 11) is 0. The van der Waals surface area contributed by atoms with Crippen LogP contribution in [-0.2, 0) is 0 Å². The van der Waals surface area contributed by atoms with E-state index in [9.17, 15) is 0 Å². The van der Waals surface area contributed by atoms with Gasteiger partial charge in [0, 0.05) is 32.4 Å². The molecular weight excluding hydrogens is 166 g/mol. The average Bonchev–Trinajstić information content (AvgIpc) is 2.19. The fourth-order valence-electron chi connectivity index (χ4n) is 1.52. The zero-order valence-corrected chi connectivity index (χ0v) is 7.74. The number of oxime groups is 1. The van der Waals surface area contributed by atoms with E-state index in [0.717, 1.165) is 44.6 Å². The van der Waals surface area contributed by atoms with E-state index in [1.54, 1.807) is 0 Å². The predicted molar refractivity (Wildman–Crippen MR) is 49.7 cm³/mol. The van der Waals surface area contributed by atoms with Gasteiger partial charge < -0.3 is 10.1 Å². The van der Waals surface area contributed by atoms with Crippen LogP contribution in [0.3, 0.4) is 0 Å². The zero-order chi connectivity index (χ0) is 9.52. The summed E-state index contributed by atoms with van der Waals surface area (Å²) in [6.07, 6.45) is 3.31. The van der Waals surface area contributed by atoms with Gasteiger partial charge in [0.25, 0.3) is 0 Å². The van der Waals surface area contributed by atoms with Crippen LogP contribution in [0.5, 0.6) is 0 Å². The molecule has 1 rings (SSSR count). The standard InChI is InChI=1S/C9H15N3O/c10-5-1-2-6-12-7-3-9(11-13)4-8-12/h13H,1-4,6-8H2. The number of rotatable bonds is 3. The van der Waals surface area contributed by atoms with Crippen molar-refractivity contribution in [2.45, 2.75) is 25.7 Å². The molecule has 1 aliphatic heterocycles. The van der Waals surface area contributed by atoms with Gasteiger partial charge in [0.1, 0.15) is 0 Å². The van der Waals surface area contributed by atoms with Crippen LogP contribution in [0, 0.1) is 11.3 Å². The molecule has 0 aromatic heterocycles. The van der Waals surface area contributed by atoms with Crippen molar-refractivity contribution in [2.75, 3.05) is 19.6 Å². The van der Waals surface area contributed by atoms with E-state index >= 15 is 0 Å². The molecule has 72 valence electrons. The first kappa shape index (κ1) is 10.0. The Kier molecular flexibility index (Phi) is 4.27. The molecule has 4 heteroatoms. The third-order valence-corrected chi connectivity index (χ3v) is 2.34. The second-order valence-corrected chi connectivity index (χ2v) is 3.27. The lowest BCUT2D eigenvalue weighted by atomic mass is 10.1. The Morgan fingerprint density at radius 2 is 2.15 bits per heavy atom. The van der Waals surface area contributed by atoms with Crippen molar-refractivity contribution in [2.24, 2.45) is 5.16 Å². The van der Waals surface area contributed by atoms with E-state index < -0.39 is 0 Å². The maximum atomic E-state index is 8.52. The second kappa shape index (κ2) is 5.55. The van der Waals surface area contributed by atoms with Gasteiger partial charge in [-0.2, -0.15) is 5.26 Å². The number of hydrogen-bond acceptors (Lipinski definition) is 4. The summed E-state index contributed by atoms with van der Waals surface area (Å²) in [5.74, 6) is 0. The molecule has 13 heavy (non-hydrogen) atoms. The SMILES string of the molecule is N#CCCCN1CCC(=NO)CC1. The Bertz CT molecular complexity index is 209. The van der Waals surface area contributed by atoms with Crippen LogP contribution in [0.4, 0.5) is 0 Å². The molecular formula is C9H15N3O. The molecule has 0 saturated carbocycles. The Morgan fingerprint density at radius 1 is 1.46 bits per heavy atom. The van der Waals surface area contributed by atoms with Crippen molar-refractivity contribution in [3.63, 3.8) is 0 Å². The fraction of sp³-hybridized carbons (Fsp3) is 0.778. The van der Waals surface area contributed by atoms with Crippen molar-refractivity contribution >= 4 is 5.71 Å². The Hall–Kier alpha value is -1.08. The van der Waals surface area contributed by atoms with Gasteiger partial charge in [-0.05, 0) is 13.0 Å². The predicted octanol–water partition coefficient (Wildman–Crippen LogP) is 1.22. The molecule has 1 aliphatic rings. The van der Waals surface area contributed by atoms with E-state index in [2.05, 4.69) is 16.1 Å². The fourth-order valence-corrected chi connectivity index (χ4v) is 1.52. The second-order valence-electron chi connectivity index (χ2n) is 3.27. The molecule has 0 atom stereocenters. The molecule has 0 bridgehead atoms.